The number of benzene rings is 4. The van der Waals surface area contributed by atoms with Crippen LogP contribution in [-0.4, -0.2) is 9.97 Å². The number of nitrogens with zero attached hydrogens (tertiary/aromatic N) is 2. The number of pyridine rings is 1. The first-order valence-electron chi connectivity index (χ1n) is 10.9. The number of para-hydroxylation sites is 1. The number of anilines is 4. The molecule has 164 valence electrons. The maximum Gasteiger partial charge on any atom is 0.227 e. The molecule has 5 nitrogen and oxygen atoms in total. The molecule has 0 aliphatic rings. The highest BCUT2D eigenvalue weighted by molar-refractivity contribution is 5.93. The van der Waals surface area contributed by atoms with Gasteiger partial charge in [0.05, 0.1) is 5.52 Å². The van der Waals surface area contributed by atoms with Crippen molar-refractivity contribution < 1.29 is 8.81 Å². The third-order valence-corrected chi connectivity index (χ3v) is 5.54. The minimum atomic E-state index is -0.303. The molecule has 0 unspecified atom stereocenters. The lowest BCUT2D eigenvalue weighted by Gasteiger charge is -2.09. The van der Waals surface area contributed by atoms with Crippen molar-refractivity contribution in [2.45, 2.75) is 0 Å². The average molecular weight is 446 g/mol. The quantitative estimate of drug-likeness (QED) is 0.284. The topological polar surface area (TPSA) is 63.0 Å². The maximum absolute atomic E-state index is 13.8. The normalized spacial score (nSPS) is 11.1. The number of rotatable bonds is 5. The highest BCUT2D eigenvalue weighted by atomic mass is 19.1. The molecule has 0 radical (unpaired) electrons. The minimum absolute atomic E-state index is 0.303. The van der Waals surface area contributed by atoms with Gasteiger partial charge in [0.1, 0.15) is 11.3 Å². The molecule has 0 atom stereocenters. The van der Waals surface area contributed by atoms with Gasteiger partial charge in [-0.3, -0.25) is 4.98 Å². The summed E-state index contributed by atoms with van der Waals surface area (Å²) in [5, 5.41) is 7.45. The smallest absolute Gasteiger partial charge is 0.227 e. The SMILES string of the molecule is Fc1ccc2nccc(Nc3ccc4nc(-c5cccc(Nc6ccccc6)c5)oc4c3)c2c1. The van der Waals surface area contributed by atoms with Crippen molar-refractivity contribution in [2.24, 2.45) is 0 Å². The lowest BCUT2D eigenvalue weighted by atomic mass is 10.1. The summed E-state index contributed by atoms with van der Waals surface area (Å²) in [6, 6.07) is 30.0. The lowest BCUT2D eigenvalue weighted by molar-refractivity contribution is 0.620. The predicted octanol–water partition coefficient (Wildman–Crippen LogP) is 7.67. The van der Waals surface area contributed by atoms with Crippen LogP contribution >= 0.6 is 0 Å². The molecule has 6 heteroatoms. The summed E-state index contributed by atoms with van der Waals surface area (Å²) in [5.41, 5.74) is 6.55. The molecule has 0 bridgehead atoms. The fraction of sp³-hybridized carbons (Fsp3) is 0. The molecule has 0 saturated carbocycles. The summed E-state index contributed by atoms with van der Waals surface area (Å²) in [4.78, 5) is 8.96. The molecule has 2 aromatic heterocycles. The van der Waals surface area contributed by atoms with Gasteiger partial charge in [0.2, 0.25) is 5.89 Å². The van der Waals surface area contributed by atoms with Crippen LogP contribution in [0.15, 0.2) is 108 Å². The van der Waals surface area contributed by atoms with Crippen LogP contribution in [0, 0.1) is 5.82 Å². The van der Waals surface area contributed by atoms with E-state index in [2.05, 4.69) is 20.6 Å². The second-order valence-corrected chi connectivity index (χ2v) is 7.92. The number of aromatic nitrogens is 2. The fourth-order valence-electron chi connectivity index (χ4n) is 3.93. The van der Waals surface area contributed by atoms with Crippen LogP contribution in [0.3, 0.4) is 0 Å². The first-order valence-corrected chi connectivity index (χ1v) is 10.9. The molecule has 0 spiro atoms. The Balaban J connectivity index is 1.30. The molecule has 6 aromatic rings. The van der Waals surface area contributed by atoms with Crippen LogP contribution < -0.4 is 10.6 Å². The fourth-order valence-corrected chi connectivity index (χ4v) is 3.93. The van der Waals surface area contributed by atoms with E-state index >= 15 is 0 Å². The molecule has 4 aromatic carbocycles. The maximum atomic E-state index is 13.8. The van der Waals surface area contributed by atoms with Crippen LogP contribution in [0.25, 0.3) is 33.5 Å². The van der Waals surface area contributed by atoms with Crippen LogP contribution in [0.4, 0.5) is 27.1 Å². The van der Waals surface area contributed by atoms with Gasteiger partial charge >= 0.3 is 0 Å². The predicted molar refractivity (Wildman–Crippen MR) is 134 cm³/mol. The van der Waals surface area contributed by atoms with Crippen LogP contribution in [0.5, 0.6) is 0 Å². The molecule has 2 heterocycles. The van der Waals surface area contributed by atoms with E-state index in [4.69, 9.17) is 4.42 Å². The summed E-state index contributed by atoms with van der Waals surface area (Å²) in [5.74, 6) is 0.239. The van der Waals surface area contributed by atoms with Gasteiger partial charge in [0, 0.05) is 46.0 Å². The Morgan fingerprint density at radius 3 is 2.41 bits per heavy atom. The number of fused-ring (bicyclic) bond motifs is 2. The summed E-state index contributed by atoms with van der Waals surface area (Å²) < 4.78 is 19.9. The van der Waals surface area contributed by atoms with Crippen LogP contribution in [-0.2, 0) is 0 Å². The molecular formula is C28H19FN4O. The van der Waals surface area contributed by atoms with E-state index in [1.807, 2.05) is 78.9 Å². The first-order chi connectivity index (χ1) is 16.7. The van der Waals surface area contributed by atoms with Crippen molar-refractivity contribution in [3.05, 3.63) is 109 Å². The zero-order chi connectivity index (χ0) is 22.9. The highest BCUT2D eigenvalue weighted by Gasteiger charge is 2.11. The summed E-state index contributed by atoms with van der Waals surface area (Å²) in [6.45, 7) is 0. The van der Waals surface area contributed by atoms with E-state index in [0.717, 1.165) is 39.3 Å². The minimum Gasteiger partial charge on any atom is -0.436 e. The van der Waals surface area contributed by atoms with E-state index in [0.29, 0.717) is 16.9 Å². The Morgan fingerprint density at radius 1 is 0.676 bits per heavy atom. The zero-order valence-electron chi connectivity index (χ0n) is 18.0. The Morgan fingerprint density at radius 2 is 1.50 bits per heavy atom. The van der Waals surface area contributed by atoms with Crippen LogP contribution in [0.2, 0.25) is 0 Å². The van der Waals surface area contributed by atoms with E-state index in [1.165, 1.54) is 12.1 Å². The van der Waals surface area contributed by atoms with Gasteiger partial charge in [0.15, 0.2) is 5.58 Å². The van der Waals surface area contributed by atoms with Crippen LogP contribution in [0.1, 0.15) is 0 Å². The van der Waals surface area contributed by atoms with Gasteiger partial charge in [0.25, 0.3) is 0 Å². The first kappa shape index (κ1) is 19.9. The molecule has 0 aliphatic heterocycles. The van der Waals surface area contributed by atoms with Gasteiger partial charge in [-0.2, -0.15) is 0 Å². The molecule has 0 fully saturated rings. The van der Waals surface area contributed by atoms with Crippen molar-refractivity contribution in [3.63, 3.8) is 0 Å². The largest absolute Gasteiger partial charge is 0.436 e. The van der Waals surface area contributed by atoms with E-state index in [1.54, 1.807) is 12.3 Å². The van der Waals surface area contributed by atoms with Crippen molar-refractivity contribution >= 4 is 44.8 Å². The van der Waals surface area contributed by atoms with E-state index in [9.17, 15) is 4.39 Å². The van der Waals surface area contributed by atoms with E-state index < -0.39 is 0 Å². The van der Waals surface area contributed by atoms with E-state index in [-0.39, 0.29) is 5.82 Å². The summed E-state index contributed by atoms with van der Waals surface area (Å²) >= 11 is 0. The monoisotopic (exact) mass is 446 g/mol. The third kappa shape index (κ3) is 3.93. The number of hydrogen-bond acceptors (Lipinski definition) is 5. The molecule has 0 saturated heterocycles. The number of hydrogen-bond donors (Lipinski definition) is 2. The number of halogens is 1. The number of oxazole rings is 1. The molecule has 2 N–H and O–H groups in total. The number of nitrogens with one attached hydrogen (secondary N) is 2. The van der Waals surface area contributed by atoms with Gasteiger partial charge in [-0.1, -0.05) is 24.3 Å². The molecule has 34 heavy (non-hydrogen) atoms. The standard InChI is InChI=1S/C28H19FN4O/c29-19-9-11-24-23(16-19)25(13-14-30-24)32-22-10-12-26-27(17-22)34-28(33-26)18-5-4-8-21(15-18)31-20-6-2-1-3-7-20/h1-17,31H,(H,30,32). The Kier molecular flexibility index (Phi) is 4.88. The van der Waals surface area contributed by atoms with Gasteiger partial charge in [-0.25, -0.2) is 9.37 Å². The third-order valence-electron chi connectivity index (χ3n) is 5.54. The summed E-state index contributed by atoms with van der Waals surface area (Å²) in [7, 11) is 0. The van der Waals surface area contributed by atoms with Crippen molar-refractivity contribution in [2.75, 3.05) is 10.6 Å². The lowest BCUT2D eigenvalue weighted by Crippen LogP contribution is -1.93. The molecular weight excluding hydrogens is 427 g/mol. The Hall–Kier alpha value is -4.71. The van der Waals surface area contributed by atoms with Crippen molar-refractivity contribution in [1.29, 1.82) is 0 Å². The van der Waals surface area contributed by atoms with Gasteiger partial charge < -0.3 is 15.1 Å². The van der Waals surface area contributed by atoms with Crippen molar-refractivity contribution in [1.82, 2.24) is 9.97 Å². The second kappa shape index (κ2) is 8.33. The van der Waals surface area contributed by atoms with Crippen molar-refractivity contribution in [3.8, 4) is 11.5 Å². The van der Waals surface area contributed by atoms with Gasteiger partial charge in [-0.05, 0) is 66.7 Å². The molecule has 6 rings (SSSR count). The second-order valence-electron chi connectivity index (χ2n) is 7.92. The highest BCUT2D eigenvalue weighted by Crippen LogP contribution is 2.31. The molecule has 0 amide bonds. The Bertz CT molecular complexity index is 1630. The summed E-state index contributed by atoms with van der Waals surface area (Å²) in [6.07, 6.45) is 1.70. The molecule has 0 aliphatic carbocycles. The van der Waals surface area contributed by atoms with Gasteiger partial charge in [-0.15, -0.1) is 0 Å². The average Bonchev–Trinajstić information content (AvgIpc) is 3.29. The Labute approximate surface area is 194 Å². The zero-order valence-corrected chi connectivity index (χ0v) is 18.0.